The third kappa shape index (κ3) is 5.24. The lowest BCUT2D eigenvalue weighted by Crippen LogP contribution is -2.40. The minimum atomic E-state index is -3.87. The first-order valence-electron chi connectivity index (χ1n) is 8.83. The van der Waals surface area contributed by atoms with Gasteiger partial charge in [-0.15, -0.1) is 0 Å². The van der Waals surface area contributed by atoms with Crippen molar-refractivity contribution in [2.24, 2.45) is 0 Å². The van der Waals surface area contributed by atoms with Crippen LogP contribution < -0.4 is 10.1 Å². The number of ether oxygens (including phenoxy) is 2. The number of nitrogens with zero attached hydrogens (tertiary/aromatic N) is 1. The van der Waals surface area contributed by atoms with E-state index in [1.54, 1.807) is 6.92 Å². The number of aryl methyl sites for hydroxylation is 1. The van der Waals surface area contributed by atoms with Gasteiger partial charge in [0.1, 0.15) is 16.5 Å². The summed E-state index contributed by atoms with van der Waals surface area (Å²) >= 11 is 5.99. The highest BCUT2D eigenvalue weighted by molar-refractivity contribution is 7.89. The normalized spacial score (nSPS) is 15.1. The summed E-state index contributed by atoms with van der Waals surface area (Å²) in [4.78, 5) is 12.1. The SMILES string of the molecule is Cc1ccc(F)cc1NC(=O)COc1ccc(Cl)cc1S(=O)(=O)N1CCOCC1. The van der Waals surface area contributed by atoms with E-state index in [1.807, 2.05) is 0 Å². The average Bonchev–Trinajstić information content (AvgIpc) is 2.70. The van der Waals surface area contributed by atoms with Crippen LogP contribution in [0.5, 0.6) is 5.75 Å². The van der Waals surface area contributed by atoms with Crippen molar-refractivity contribution in [1.82, 2.24) is 4.31 Å². The molecule has 3 rings (SSSR count). The minimum absolute atomic E-state index is 0.00649. The van der Waals surface area contributed by atoms with Gasteiger partial charge >= 0.3 is 0 Å². The van der Waals surface area contributed by atoms with E-state index in [2.05, 4.69) is 5.32 Å². The number of anilines is 1. The summed E-state index contributed by atoms with van der Waals surface area (Å²) in [5, 5.41) is 2.77. The first kappa shape index (κ1) is 21.5. The highest BCUT2D eigenvalue weighted by Gasteiger charge is 2.29. The van der Waals surface area contributed by atoms with Crippen molar-refractivity contribution < 1.29 is 27.1 Å². The molecule has 0 aromatic heterocycles. The molecule has 1 fully saturated rings. The predicted molar refractivity (Wildman–Crippen MR) is 106 cm³/mol. The van der Waals surface area contributed by atoms with Gasteiger partial charge in [-0.1, -0.05) is 17.7 Å². The quantitative estimate of drug-likeness (QED) is 0.743. The zero-order valence-corrected chi connectivity index (χ0v) is 17.2. The molecule has 1 saturated heterocycles. The lowest BCUT2D eigenvalue weighted by atomic mass is 10.2. The number of rotatable bonds is 6. The van der Waals surface area contributed by atoms with Crippen LogP contribution >= 0.6 is 11.6 Å². The molecule has 29 heavy (non-hydrogen) atoms. The maximum absolute atomic E-state index is 13.4. The predicted octanol–water partition coefficient (Wildman–Crippen LogP) is 2.83. The van der Waals surface area contributed by atoms with Gasteiger partial charge in [-0.2, -0.15) is 4.31 Å². The molecule has 156 valence electrons. The van der Waals surface area contributed by atoms with Crippen molar-refractivity contribution in [3.8, 4) is 5.75 Å². The highest BCUT2D eigenvalue weighted by Crippen LogP contribution is 2.30. The second-order valence-corrected chi connectivity index (χ2v) is 8.75. The Balaban J connectivity index is 1.76. The molecule has 0 spiro atoms. The zero-order valence-electron chi connectivity index (χ0n) is 15.7. The van der Waals surface area contributed by atoms with Crippen LogP contribution in [0.1, 0.15) is 5.56 Å². The first-order chi connectivity index (χ1) is 13.8. The third-order valence-electron chi connectivity index (χ3n) is 4.33. The molecule has 1 heterocycles. The van der Waals surface area contributed by atoms with E-state index >= 15 is 0 Å². The maximum Gasteiger partial charge on any atom is 0.262 e. The van der Waals surface area contributed by atoms with Crippen LogP contribution in [0.15, 0.2) is 41.3 Å². The van der Waals surface area contributed by atoms with Gasteiger partial charge in [0.15, 0.2) is 6.61 Å². The molecular formula is C19H20ClFN2O5S. The number of halogens is 2. The molecule has 0 atom stereocenters. The molecule has 2 aromatic rings. The van der Waals surface area contributed by atoms with Gasteiger partial charge in [-0.3, -0.25) is 4.79 Å². The van der Waals surface area contributed by atoms with Crippen LogP contribution in [0.4, 0.5) is 10.1 Å². The summed E-state index contributed by atoms with van der Waals surface area (Å²) in [6, 6.07) is 8.19. The monoisotopic (exact) mass is 442 g/mol. The molecule has 1 aliphatic heterocycles. The molecule has 0 unspecified atom stereocenters. The zero-order chi connectivity index (χ0) is 21.0. The van der Waals surface area contributed by atoms with E-state index < -0.39 is 28.4 Å². The van der Waals surface area contributed by atoms with E-state index in [4.69, 9.17) is 21.1 Å². The number of carbonyl (C=O) groups excluding carboxylic acids is 1. The molecule has 1 aliphatic rings. The van der Waals surface area contributed by atoms with Crippen molar-refractivity contribution >= 4 is 33.2 Å². The Labute approximate surface area is 173 Å². The molecular weight excluding hydrogens is 423 g/mol. The summed E-state index contributed by atoms with van der Waals surface area (Å²) in [5.74, 6) is -1.03. The number of morpholine rings is 1. The largest absolute Gasteiger partial charge is 0.482 e. The number of benzene rings is 2. The van der Waals surface area contributed by atoms with E-state index in [1.165, 1.54) is 40.7 Å². The van der Waals surface area contributed by atoms with Gasteiger partial charge in [-0.05, 0) is 42.8 Å². The van der Waals surface area contributed by atoms with Crippen molar-refractivity contribution in [3.05, 3.63) is 52.8 Å². The van der Waals surface area contributed by atoms with Crippen LogP contribution in [0.3, 0.4) is 0 Å². The topological polar surface area (TPSA) is 84.9 Å². The molecule has 0 saturated carbocycles. The standard InChI is InChI=1S/C19H20ClFN2O5S/c1-13-2-4-15(21)11-16(13)22-19(24)12-28-17-5-3-14(20)10-18(17)29(25,26)23-6-8-27-9-7-23/h2-5,10-11H,6-9,12H2,1H3,(H,22,24). The Bertz CT molecular complexity index is 1010. The number of hydrogen-bond donors (Lipinski definition) is 1. The lowest BCUT2D eigenvalue weighted by molar-refractivity contribution is -0.118. The Hall–Kier alpha value is -2.20. The van der Waals surface area contributed by atoms with Gasteiger partial charge in [0.2, 0.25) is 10.0 Å². The average molecular weight is 443 g/mol. The smallest absolute Gasteiger partial charge is 0.262 e. The summed E-state index contributed by atoms with van der Waals surface area (Å²) < 4.78 is 51.3. The summed E-state index contributed by atoms with van der Waals surface area (Å²) in [5.41, 5.74) is 0.998. The van der Waals surface area contributed by atoms with Gasteiger partial charge in [0.05, 0.1) is 13.2 Å². The fourth-order valence-electron chi connectivity index (χ4n) is 2.79. The van der Waals surface area contributed by atoms with Gasteiger partial charge in [0.25, 0.3) is 5.91 Å². The van der Waals surface area contributed by atoms with Crippen molar-refractivity contribution in [2.45, 2.75) is 11.8 Å². The van der Waals surface area contributed by atoms with Crippen molar-refractivity contribution in [1.29, 1.82) is 0 Å². The van der Waals surface area contributed by atoms with E-state index in [0.717, 1.165) is 0 Å². The Morgan fingerprint density at radius 1 is 1.24 bits per heavy atom. The van der Waals surface area contributed by atoms with Gasteiger partial charge < -0.3 is 14.8 Å². The molecule has 0 bridgehead atoms. The van der Waals surface area contributed by atoms with Gasteiger partial charge in [-0.25, -0.2) is 12.8 Å². The van der Waals surface area contributed by atoms with Crippen molar-refractivity contribution in [2.75, 3.05) is 38.2 Å². The second kappa shape index (κ2) is 9.08. The Morgan fingerprint density at radius 2 is 1.97 bits per heavy atom. The summed E-state index contributed by atoms with van der Waals surface area (Å²) in [6.45, 7) is 2.29. The second-order valence-electron chi connectivity index (χ2n) is 6.40. The third-order valence-corrected chi connectivity index (χ3v) is 6.48. The maximum atomic E-state index is 13.4. The van der Waals surface area contributed by atoms with E-state index in [9.17, 15) is 17.6 Å². The minimum Gasteiger partial charge on any atom is -0.482 e. The van der Waals surface area contributed by atoms with Crippen molar-refractivity contribution in [3.63, 3.8) is 0 Å². The Kier molecular flexibility index (Phi) is 6.74. The molecule has 1 N–H and O–H groups in total. The van der Waals surface area contributed by atoms with E-state index in [-0.39, 0.29) is 28.8 Å². The van der Waals surface area contributed by atoms with Crippen LogP contribution in [0.25, 0.3) is 0 Å². The fourth-order valence-corrected chi connectivity index (χ4v) is 4.59. The van der Waals surface area contributed by atoms with Crippen LogP contribution in [-0.2, 0) is 19.6 Å². The molecule has 10 heteroatoms. The number of amides is 1. The summed E-state index contributed by atoms with van der Waals surface area (Å²) in [6.07, 6.45) is 0. The number of carbonyl (C=O) groups is 1. The van der Waals surface area contributed by atoms with E-state index in [0.29, 0.717) is 24.5 Å². The fraction of sp³-hybridized carbons (Fsp3) is 0.316. The molecule has 0 aliphatic carbocycles. The van der Waals surface area contributed by atoms with Crippen LogP contribution in [-0.4, -0.2) is 51.5 Å². The molecule has 0 radical (unpaired) electrons. The number of sulfonamides is 1. The first-order valence-corrected chi connectivity index (χ1v) is 10.7. The van der Waals surface area contributed by atoms with Crippen LogP contribution in [0.2, 0.25) is 5.02 Å². The molecule has 7 nitrogen and oxygen atoms in total. The Morgan fingerprint density at radius 3 is 2.69 bits per heavy atom. The highest BCUT2D eigenvalue weighted by atomic mass is 35.5. The number of hydrogen-bond acceptors (Lipinski definition) is 5. The summed E-state index contributed by atoms with van der Waals surface area (Å²) in [7, 11) is -3.87. The number of nitrogens with one attached hydrogen (secondary N) is 1. The van der Waals surface area contributed by atoms with Gasteiger partial charge in [0, 0.05) is 23.8 Å². The van der Waals surface area contributed by atoms with Crippen LogP contribution in [0, 0.1) is 12.7 Å². The molecule has 1 amide bonds. The lowest BCUT2D eigenvalue weighted by Gasteiger charge is -2.26. The molecule has 2 aromatic carbocycles.